The highest BCUT2D eigenvalue weighted by Gasteiger charge is 2.36. The van der Waals surface area contributed by atoms with E-state index in [1.807, 2.05) is 83.4 Å². The SMILES string of the molecule is CCc1nn(-c2ccccc2)c2c1CN(C(=O)Nc1ccc(F)c(Cl)c1)[C@H](c1cccc(C)c1)c1cccn1-2. The minimum Gasteiger partial charge on any atom is -0.308 e. The quantitative estimate of drug-likeness (QED) is 0.258. The van der Waals surface area contributed by atoms with Crippen molar-refractivity contribution in [2.75, 3.05) is 5.32 Å². The summed E-state index contributed by atoms with van der Waals surface area (Å²) in [6, 6.07) is 25.7. The van der Waals surface area contributed by atoms with Crippen LogP contribution in [0.4, 0.5) is 14.9 Å². The van der Waals surface area contributed by atoms with Crippen LogP contribution in [0.2, 0.25) is 5.02 Å². The van der Waals surface area contributed by atoms with Crippen LogP contribution < -0.4 is 5.32 Å². The zero-order chi connectivity index (χ0) is 27.1. The van der Waals surface area contributed by atoms with Crippen molar-refractivity contribution in [3.8, 4) is 11.5 Å². The molecule has 0 aliphatic carbocycles. The number of anilines is 1. The molecular weight excluding hydrogens is 513 g/mol. The Balaban J connectivity index is 1.55. The molecule has 3 heterocycles. The van der Waals surface area contributed by atoms with Crippen LogP contribution >= 0.6 is 11.6 Å². The summed E-state index contributed by atoms with van der Waals surface area (Å²) >= 11 is 6.02. The molecule has 5 aromatic rings. The fourth-order valence-electron chi connectivity index (χ4n) is 5.31. The highest BCUT2D eigenvalue weighted by molar-refractivity contribution is 6.31. The van der Waals surface area contributed by atoms with Crippen molar-refractivity contribution in [3.63, 3.8) is 0 Å². The zero-order valence-corrected chi connectivity index (χ0v) is 22.4. The van der Waals surface area contributed by atoms with Gasteiger partial charge in [0.1, 0.15) is 11.6 Å². The predicted octanol–water partition coefficient (Wildman–Crippen LogP) is 7.46. The summed E-state index contributed by atoms with van der Waals surface area (Å²) in [5.74, 6) is 0.376. The predicted molar refractivity (Wildman–Crippen MR) is 151 cm³/mol. The number of halogens is 2. The maximum atomic E-state index is 14.0. The molecule has 3 aromatic carbocycles. The van der Waals surface area contributed by atoms with Crippen molar-refractivity contribution in [1.82, 2.24) is 19.2 Å². The molecule has 6 rings (SSSR count). The molecule has 39 heavy (non-hydrogen) atoms. The number of amides is 2. The van der Waals surface area contributed by atoms with Gasteiger partial charge in [0.15, 0.2) is 0 Å². The number of hydrogen-bond acceptors (Lipinski definition) is 2. The smallest absolute Gasteiger partial charge is 0.308 e. The topological polar surface area (TPSA) is 55.1 Å². The van der Waals surface area contributed by atoms with Gasteiger partial charge in [-0.15, -0.1) is 0 Å². The number of para-hydroxylation sites is 1. The Kier molecular flexibility index (Phi) is 6.45. The summed E-state index contributed by atoms with van der Waals surface area (Å²) < 4.78 is 17.9. The second-order valence-corrected chi connectivity index (χ2v) is 10.1. The highest BCUT2D eigenvalue weighted by Crippen LogP contribution is 2.39. The van der Waals surface area contributed by atoms with Gasteiger partial charge in [-0.05, 0) is 61.4 Å². The van der Waals surface area contributed by atoms with Gasteiger partial charge in [-0.1, -0.05) is 66.6 Å². The van der Waals surface area contributed by atoms with Crippen molar-refractivity contribution in [2.24, 2.45) is 0 Å². The van der Waals surface area contributed by atoms with Crippen molar-refractivity contribution < 1.29 is 9.18 Å². The van der Waals surface area contributed by atoms with Crippen LogP contribution in [0.5, 0.6) is 0 Å². The van der Waals surface area contributed by atoms with Crippen molar-refractivity contribution >= 4 is 23.3 Å². The molecule has 0 radical (unpaired) electrons. The number of aryl methyl sites for hydroxylation is 2. The largest absolute Gasteiger partial charge is 0.322 e. The number of hydrogen-bond donors (Lipinski definition) is 1. The monoisotopic (exact) mass is 539 g/mol. The number of carbonyl (C=O) groups is 1. The Morgan fingerprint density at radius 2 is 1.87 bits per heavy atom. The molecule has 1 aliphatic rings. The molecule has 6 nitrogen and oxygen atoms in total. The summed E-state index contributed by atoms with van der Waals surface area (Å²) in [5.41, 5.74) is 6.28. The fraction of sp³-hybridized carbons (Fsp3) is 0.161. The molecule has 1 atom stereocenters. The van der Waals surface area contributed by atoms with E-state index in [4.69, 9.17) is 16.7 Å². The lowest BCUT2D eigenvalue weighted by atomic mass is 10.00. The van der Waals surface area contributed by atoms with E-state index in [1.54, 1.807) is 0 Å². The van der Waals surface area contributed by atoms with Crippen LogP contribution in [0.25, 0.3) is 11.5 Å². The average molecular weight is 540 g/mol. The molecule has 196 valence electrons. The van der Waals surface area contributed by atoms with Crippen LogP contribution in [0.15, 0.2) is 91.1 Å². The van der Waals surface area contributed by atoms with E-state index < -0.39 is 11.9 Å². The van der Waals surface area contributed by atoms with E-state index in [2.05, 4.69) is 22.9 Å². The van der Waals surface area contributed by atoms with Gasteiger partial charge in [-0.2, -0.15) is 5.10 Å². The van der Waals surface area contributed by atoms with E-state index in [0.29, 0.717) is 18.7 Å². The summed E-state index contributed by atoms with van der Waals surface area (Å²) in [5, 5.41) is 7.89. The van der Waals surface area contributed by atoms with Crippen LogP contribution in [0, 0.1) is 12.7 Å². The van der Waals surface area contributed by atoms with Crippen molar-refractivity contribution in [1.29, 1.82) is 0 Å². The molecule has 2 aromatic heterocycles. The Labute approximate surface area is 231 Å². The summed E-state index contributed by atoms with van der Waals surface area (Å²) in [6.07, 6.45) is 2.73. The van der Waals surface area contributed by atoms with E-state index in [-0.39, 0.29) is 11.1 Å². The van der Waals surface area contributed by atoms with Gasteiger partial charge in [0.25, 0.3) is 0 Å². The van der Waals surface area contributed by atoms with Gasteiger partial charge < -0.3 is 14.8 Å². The van der Waals surface area contributed by atoms with Gasteiger partial charge in [0.05, 0.1) is 34.7 Å². The standard InChI is InChI=1S/C31H27ClFN5O/c1-3-27-24-19-37(31(39)34-22-14-15-26(33)25(32)18-22)29(21-10-7-9-20(2)17-21)28-13-8-16-36(28)30(24)38(35-27)23-11-5-4-6-12-23/h4-18,29H,3,19H2,1-2H3,(H,34,39)/t29-/m1/s1. The third kappa shape index (κ3) is 4.49. The molecule has 0 unspecified atom stereocenters. The van der Waals surface area contributed by atoms with Gasteiger partial charge in [-0.3, -0.25) is 0 Å². The summed E-state index contributed by atoms with van der Waals surface area (Å²) in [6.45, 7) is 4.44. The zero-order valence-electron chi connectivity index (χ0n) is 21.6. The maximum absolute atomic E-state index is 14.0. The van der Waals surface area contributed by atoms with Gasteiger partial charge in [0, 0.05) is 17.4 Å². The number of nitrogens with zero attached hydrogens (tertiary/aromatic N) is 4. The Hall–Kier alpha value is -4.36. The van der Waals surface area contributed by atoms with Crippen LogP contribution in [-0.4, -0.2) is 25.3 Å². The summed E-state index contributed by atoms with van der Waals surface area (Å²) in [7, 11) is 0. The molecule has 0 saturated carbocycles. The number of aromatic nitrogens is 3. The molecule has 8 heteroatoms. The minimum atomic E-state index is -0.537. The van der Waals surface area contributed by atoms with Gasteiger partial charge in [0.2, 0.25) is 0 Å². The number of urea groups is 1. The van der Waals surface area contributed by atoms with E-state index in [9.17, 15) is 9.18 Å². The normalized spacial score (nSPS) is 14.5. The lowest BCUT2D eigenvalue weighted by molar-refractivity contribution is 0.194. The number of carbonyl (C=O) groups excluding carboxylic acids is 1. The van der Waals surface area contributed by atoms with Gasteiger partial charge in [-0.25, -0.2) is 13.9 Å². The first kappa shape index (κ1) is 24.9. The highest BCUT2D eigenvalue weighted by atomic mass is 35.5. The van der Waals surface area contributed by atoms with E-state index >= 15 is 0 Å². The number of benzene rings is 3. The van der Waals surface area contributed by atoms with Crippen molar-refractivity contribution in [2.45, 2.75) is 32.9 Å². The molecule has 0 bridgehead atoms. The van der Waals surface area contributed by atoms with Crippen LogP contribution in [0.1, 0.15) is 41.0 Å². The van der Waals surface area contributed by atoms with Crippen molar-refractivity contribution in [3.05, 3.63) is 130 Å². The Bertz CT molecular complexity index is 1680. The van der Waals surface area contributed by atoms with Gasteiger partial charge >= 0.3 is 6.03 Å². The Morgan fingerprint density at radius 3 is 2.62 bits per heavy atom. The summed E-state index contributed by atoms with van der Waals surface area (Å²) in [4.78, 5) is 15.9. The number of nitrogens with one attached hydrogen (secondary N) is 1. The molecular formula is C31H27ClFN5O. The van der Waals surface area contributed by atoms with Crippen LogP contribution in [-0.2, 0) is 13.0 Å². The molecule has 0 spiro atoms. The fourth-order valence-corrected chi connectivity index (χ4v) is 5.49. The number of rotatable bonds is 4. The second kappa shape index (κ2) is 10.1. The molecule has 1 N–H and O–H groups in total. The first-order chi connectivity index (χ1) is 18.9. The second-order valence-electron chi connectivity index (χ2n) is 9.66. The number of fused-ring (bicyclic) bond motifs is 3. The van der Waals surface area contributed by atoms with E-state index in [0.717, 1.165) is 39.6 Å². The van der Waals surface area contributed by atoms with Crippen LogP contribution in [0.3, 0.4) is 0 Å². The minimum absolute atomic E-state index is 0.0486. The lowest BCUT2D eigenvalue weighted by Gasteiger charge is -2.31. The third-order valence-electron chi connectivity index (χ3n) is 7.09. The Morgan fingerprint density at radius 1 is 1.05 bits per heavy atom. The molecule has 2 amide bonds. The van der Waals surface area contributed by atoms with E-state index in [1.165, 1.54) is 18.2 Å². The first-order valence-electron chi connectivity index (χ1n) is 12.9. The molecule has 1 aliphatic heterocycles. The average Bonchev–Trinajstić information content (AvgIpc) is 3.52. The molecule has 0 saturated heterocycles. The first-order valence-corrected chi connectivity index (χ1v) is 13.3. The lowest BCUT2D eigenvalue weighted by Crippen LogP contribution is -2.38. The third-order valence-corrected chi connectivity index (χ3v) is 7.38. The molecule has 0 fully saturated rings. The maximum Gasteiger partial charge on any atom is 0.322 e.